The lowest BCUT2D eigenvalue weighted by molar-refractivity contribution is -0.00000379. The molecule has 3 rings (SSSR count). The van der Waals surface area contributed by atoms with Crippen LogP contribution >= 0.6 is 11.3 Å². The van der Waals surface area contributed by atoms with Crippen molar-refractivity contribution in [1.29, 1.82) is 0 Å². The summed E-state index contributed by atoms with van der Waals surface area (Å²) in [7, 11) is 6.04. The Balaban J connectivity index is 0.00000147. The van der Waals surface area contributed by atoms with Crippen molar-refractivity contribution < 1.29 is 12.4 Å². The first kappa shape index (κ1) is 14.8. The number of hydrogen-bond donors (Lipinski definition) is 1. The molecule has 1 aromatic heterocycles. The maximum Gasteiger partial charge on any atom is 0.259 e. The molecule has 0 aliphatic rings. The number of benzene rings is 2. The first-order valence-corrected chi connectivity index (χ1v) is 7.02. The summed E-state index contributed by atoms with van der Waals surface area (Å²) in [6, 6.07) is 12.7. The molecule has 1 N–H and O–H groups in total. The van der Waals surface area contributed by atoms with Crippen molar-refractivity contribution in [3.8, 4) is 0 Å². The Labute approximate surface area is 128 Å². The third-order valence-electron chi connectivity index (χ3n) is 3.17. The Bertz CT molecular complexity index is 759. The molecule has 20 heavy (non-hydrogen) atoms. The van der Waals surface area contributed by atoms with E-state index in [-0.39, 0.29) is 12.4 Å². The van der Waals surface area contributed by atoms with Gasteiger partial charge in [-0.25, -0.2) is 4.98 Å². The summed E-state index contributed by atoms with van der Waals surface area (Å²) in [5.41, 5.74) is 4.43. The third-order valence-corrected chi connectivity index (χ3v) is 4.26. The Kier molecular flexibility index (Phi) is 4.26. The van der Waals surface area contributed by atoms with Crippen LogP contribution in [0.15, 0.2) is 36.4 Å². The molecular formula is C15H16ClN3S. The second-order valence-electron chi connectivity index (χ2n) is 4.69. The minimum Gasteiger partial charge on any atom is -1.00 e. The first-order valence-electron chi connectivity index (χ1n) is 6.20. The Morgan fingerprint density at radius 3 is 2.30 bits per heavy atom. The third kappa shape index (κ3) is 2.62. The maximum atomic E-state index is 4.72. The molecule has 2 aromatic carbocycles. The molecule has 0 bridgehead atoms. The van der Waals surface area contributed by atoms with E-state index in [1.165, 1.54) is 15.1 Å². The number of nitrogens with zero attached hydrogens (tertiary/aromatic N) is 2. The van der Waals surface area contributed by atoms with Gasteiger partial charge in [0.1, 0.15) is 11.0 Å². The fourth-order valence-electron chi connectivity index (χ4n) is 2.05. The van der Waals surface area contributed by atoms with Crippen LogP contribution in [-0.2, 0) is 0 Å². The minimum atomic E-state index is 0. The Morgan fingerprint density at radius 1 is 1.00 bits per heavy atom. The van der Waals surface area contributed by atoms with Gasteiger partial charge in [-0.15, -0.1) is 0 Å². The predicted molar refractivity (Wildman–Crippen MR) is 85.4 cm³/mol. The van der Waals surface area contributed by atoms with Crippen molar-refractivity contribution in [3.05, 3.63) is 36.4 Å². The quantitative estimate of drug-likeness (QED) is 0.562. The highest BCUT2D eigenvalue weighted by atomic mass is 35.5. The van der Waals surface area contributed by atoms with Crippen LogP contribution in [0.5, 0.6) is 0 Å². The zero-order valence-corrected chi connectivity index (χ0v) is 13.2. The second kappa shape index (κ2) is 5.77. The molecule has 0 spiro atoms. The highest BCUT2D eigenvalue weighted by molar-refractivity contribution is 7.24. The molecule has 3 aromatic rings. The summed E-state index contributed by atoms with van der Waals surface area (Å²) in [5, 5.41) is 3.17. The molecule has 0 fully saturated rings. The molecule has 3 nitrogen and oxygen atoms in total. The van der Waals surface area contributed by atoms with E-state index in [1.54, 1.807) is 11.3 Å². The molecule has 0 saturated carbocycles. The molecule has 1 heterocycles. The molecule has 0 amide bonds. The minimum absolute atomic E-state index is 0. The van der Waals surface area contributed by atoms with Gasteiger partial charge >= 0.3 is 0 Å². The van der Waals surface area contributed by atoms with E-state index in [1.807, 2.05) is 7.05 Å². The van der Waals surface area contributed by atoms with Crippen molar-refractivity contribution in [3.63, 3.8) is 0 Å². The molecule has 0 atom stereocenters. The fraction of sp³-hybridized carbons (Fsp3) is 0.200. The van der Waals surface area contributed by atoms with E-state index in [0.29, 0.717) is 0 Å². The number of aromatic nitrogens is 1. The van der Waals surface area contributed by atoms with E-state index in [2.05, 4.69) is 60.7 Å². The SMILES string of the molecule is CNc1ccc2nc3ccc(N(C)C)cc3[s+]c2c1.[Cl-]. The highest BCUT2D eigenvalue weighted by Crippen LogP contribution is 2.30. The molecule has 5 heteroatoms. The Hall–Kier alpha value is -1.65. The summed E-state index contributed by atoms with van der Waals surface area (Å²) in [6.45, 7) is 0. The molecule has 0 unspecified atom stereocenters. The molecule has 0 radical (unpaired) electrons. The fourth-order valence-corrected chi connectivity index (χ4v) is 3.09. The van der Waals surface area contributed by atoms with Crippen molar-refractivity contribution in [2.75, 3.05) is 31.4 Å². The van der Waals surface area contributed by atoms with E-state index in [0.717, 1.165) is 16.7 Å². The van der Waals surface area contributed by atoms with Crippen molar-refractivity contribution in [2.24, 2.45) is 0 Å². The maximum absolute atomic E-state index is 4.72. The van der Waals surface area contributed by atoms with Gasteiger partial charge in [-0.3, -0.25) is 0 Å². The van der Waals surface area contributed by atoms with Crippen LogP contribution in [0.3, 0.4) is 0 Å². The summed E-state index contributed by atoms with van der Waals surface area (Å²) in [6.07, 6.45) is 0. The van der Waals surface area contributed by atoms with Crippen LogP contribution in [0.2, 0.25) is 0 Å². The Morgan fingerprint density at radius 2 is 1.65 bits per heavy atom. The van der Waals surface area contributed by atoms with Gasteiger partial charge in [0.05, 0.1) is 0 Å². The van der Waals surface area contributed by atoms with Crippen LogP contribution in [0.25, 0.3) is 20.4 Å². The zero-order chi connectivity index (χ0) is 13.4. The largest absolute Gasteiger partial charge is 1.00 e. The van der Waals surface area contributed by atoms with Gasteiger partial charge in [-0.2, -0.15) is 0 Å². The molecule has 0 aliphatic carbocycles. The number of anilines is 2. The summed E-state index contributed by atoms with van der Waals surface area (Å²) in [4.78, 5) is 6.83. The molecule has 104 valence electrons. The second-order valence-corrected chi connectivity index (χ2v) is 5.78. The summed E-state index contributed by atoms with van der Waals surface area (Å²) < 4.78 is 2.42. The summed E-state index contributed by atoms with van der Waals surface area (Å²) >= 11 is 1.78. The summed E-state index contributed by atoms with van der Waals surface area (Å²) in [5.74, 6) is 0. The van der Waals surface area contributed by atoms with E-state index in [9.17, 15) is 0 Å². The zero-order valence-electron chi connectivity index (χ0n) is 11.6. The number of hydrogen-bond acceptors (Lipinski definition) is 3. The van der Waals surface area contributed by atoms with E-state index >= 15 is 0 Å². The van der Waals surface area contributed by atoms with Crippen LogP contribution in [-0.4, -0.2) is 26.1 Å². The van der Waals surface area contributed by atoms with Gasteiger partial charge in [0, 0.05) is 44.7 Å². The topological polar surface area (TPSA) is 28.2 Å². The smallest absolute Gasteiger partial charge is 0.259 e. The lowest BCUT2D eigenvalue weighted by Crippen LogP contribution is -3.00. The van der Waals surface area contributed by atoms with E-state index < -0.39 is 0 Å². The average molecular weight is 306 g/mol. The number of fused-ring (bicyclic) bond motifs is 2. The van der Waals surface area contributed by atoms with Crippen molar-refractivity contribution in [2.45, 2.75) is 0 Å². The van der Waals surface area contributed by atoms with Gasteiger partial charge in [0.2, 0.25) is 11.3 Å². The molecule has 0 aliphatic heterocycles. The van der Waals surface area contributed by atoms with Gasteiger partial charge in [-0.1, -0.05) is 0 Å². The average Bonchev–Trinajstić information content (AvgIpc) is 2.43. The number of rotatable bonds is 2. The van der Waals surface area contributed by atoms with Gasteiger partial charge in [0.15, 0.2) is 0 Å². The number of halogens is 1. The first-order chi connectivity index (χ1) is 9.17. The van der Waals surface area contributed by atoms with Crippen LogP contribution < -0.4 is 22.6 Å². The standard InChI is InChI=1S/C15H16N3S.ClH/c1-16-10-4-6-12-14(8-10)19-15-9-11(18(2)3)5-7-13(15)17-12;/h4-9,16H,1-3H3;1H/q+1;/p-1. The molecule has 0 saturated heterocycles. The van der Waals surface area contributed by atoms with Crippen molar-refractivity contribution >= 4 is 43.1 Å². The van der Waals surface area contributed by atoms with Crippen molar-refractivity contribution in [1.82, 2.24) is 4.98 Å². The van der Waals surface area contributed by atoms with E-state index in [4.69, 9.17) is 4.98 Å². The normalized spacial score (nSPS) is 10.3. The highest BCUT2D eigenvalue weighted by Gasteiger charge is 2.14. The van der Waals surface area contributed by atoms with Crippen LogP contribution in [0.4, 0.5) is 11.4 Å². The predicted octanol–water partition coefficient (Wildman–Crippen LogP) is 0.842. The van der Waals surface area contributed by atoms with Crippen LogP contribution in [0.1, 0.15) is 0 Å². The van der Waals surface area contributed by atoms with Gasteiger partial charge in [0.25, 0.3) is 9.40 Å². The number of nitrogens with one attached hydrogen (secondary N) is 1. The lowest BCUT2D eigenvalue weighted by Gasteiger charge is -2.10. The lowest BCUT2D eigenvalue weighted by atomic mass is 10.2. The monoisotopic (exact) mass is 305 g/mol. The van der Waals surface area contributed by atoms with Gasteiger partial charge < -0.3 is 22.6 Å². The van der Waals surface area contributed by atoms with Crippen LogP contribution in [0, 0.1) is 0 Å². The van der Waals surface area contributed by atoms with Gasteiger partial charge in [-0.05, 0) is 24.3 Å². The molecular weight excluding hydrogens is 290 g/mol.